The zero-order chi connectivity index (χ0) is 22.6. The highest BCUT2D eigenvalue weighted by atomic mass is 32.1. The molecule has 0 unspecified atom stereocenters. The van der Waals surface area contributed by atoms with Crippen LogP contribution in [0, 0.1) is 0 Å². The van der Waals surface area contributed by atoms with E-state index in [0.717, 1.165) is 47.6 Å². The predicted molar refractivity (Wildman–Crippen MR) is 129 cm³/mol. The maximum atomic E-state index is 13.1. The summed E-state index contributed by atoms with van der Waals surface area (Å²) in [6.07, 6.45) is 4.99. The SMILES string of the molecule is CO[B]N1CCN(c2ccncc2NC(=O)c2ccnc(-c3ccc4scnc4c3)n2)CC1. The van der Waals surface area contributed by atoms with Crippen molar-refractivity contribution < 1.29 is 9.45 Å². The molecule has 1 aliphatic heterocycles. The van der Waals surface area contributed by atoms with Crippen molar-refractivity contribution in [2.75, 3.05) is 43.5 Å². The molecular formula is C22H21BN7O2S. The van der Waals surface area contributed by atoms with E-state index in [-0.39, 0.29) is 11.6 Å². The fourth-order valence-corrected chi connectivity index (χ4v) is 4.44. The summed E-state index contributed by atoms with van der Waals surface area (Å²) in [5.74, 6) is 0.170. The summed E-state index contributed by atoms with van der Waals surface area (Å²) in [4.78, 5) is 34.8. The van der Waals surface area contributed by atoms with Gasteiger partial charge in [0, 0.05) is 51.2 Å². The topological polar surface area (TPSA) is 96.4 Å². The molecule has 33 heavy (non-hydrogen) atoms. The number of carbonyl (C=O) groups excluding carboxylic acids is 1. The van der Waals surface area contributed by atoms with Crippen molar-refractivity contribution in [1.29, 1.82) is 0 Å². The van der Waals surface area contributed by atoms with E-state index in [9.17, 15) is 4.79 Å². The number of pyridine rings is 1. The van der Waals surface area contributed by atoms with Gasteiger partial charge in [-0.05, 0) is 30.3 Å². The Labute approximate surface area is 195 Å². The molecule has 1 fully saturated rings. The molecule has 1 N–H and O–H groups in total. The first kappa shape index (κ1) is 21.4. The third-order valence-electron chi connectivity index (χ3n) is 5.43. The monoisotopic (exact) mass is 458 g/mol. The summed E-state index contributed by atoms with van der Waals surface area (Å²) in [5.41, 5.74) is 5.37. The molecule has 4 aromatic rings. The predicted octanol–water partition coefficient (Wildman–Crippen LogP) is 2.70. The molecule has 1 radical (unpaired) electrons. The highest BCUT2D eigenvalue weighted by molar-refractivity contribution is 7.16. The summed E-state index contributed by atoms with van der Waals surface area (Å²) < 4.78 is 6.20. The molecule has 0 bridgehead atoms. The number of fused-ring (bicyclic) bond motifs is 1. The van der Waals surface area contributed by atoms with Crippen LogP contribution in [0.2, 0.25) is 0 Å². The fourth-order valence-electron chi connectivity index (χ4n) is 3.78. The average Bonchev–Trinajstić information content (AvgIpc) is 3.33. The normalized spacial score (nSPS) is 14.4. The molecule has 1 saturated heterocycles. The first-order valence-corrected chi connectivity index (χ1v) is 11.4. The molecule has 0 atom stereocenters. The number of rotatable bonds is 6. The second-order valence-corrected chi connectivity index (χ2v) is 8.40. The first-order chi connectivity index (χ1) is 16.2. The number of anilines is 2. The quantitative estimate of drug-likeness (QED) is 0.441. The van der Waals surface area contributed by atoms with Crippen molar-refractivity contribution in [2.45, 2.75) is 0 Å². The van der Waals surface area contributed by atoms with Crippen LogP contribution in [-0.4, -0.2) is 71.6 Å². The Balaban J connectivity index is 1.34. The lowest BCUT2D eigenvalue weighted by atomic mass is 10.1. The van der Waals surface area contributed by atoms with E-state index in [0.29, 0.717) is 11.5 Å². The van der Waals surface area contributed by atoms with Crippen LogP contribution in [0.4, 0.5) is 11.4 Å². The van der Waals surface area contributed by atoms with Crippen molar-refractivity contribution in [3.8, 4) is 11.4 Å². The van der Waals surface area contributed by atoms with E-state index in [1.807, 2.05) is 24.3 Å². The largest absolute Gasteiger partial charge is 0.427 e. The van der Waals surface area contributed by atoms with Crippen molar-refractivity contribution in [1.82, 2.24) is 24.7 Å². The highest BCUT2D eigenvalue weighted by Crippen LogP contribution is 2.27. The van der Waals surface area contributed by atoms with Gasteiger partial charge in [0.15, 0.2) is 5.82 Å². The minimum atomic E-state index is -0.311. The number of benzene rings is 1. The summed E-state index contributed by atoms with van der Waals surface area (Å²) in [5, 5.41) is 2.97. The molecule has 0 aliphatic carbocycles. The molecule has 1 aromatic carbocycles. The van der Waals surface area contributed by atoms with Crippen LogP contribution in [0.15, 0.2) is 54.4 Å². The van der Waals surface area contributed by atoms with E-state index >= 15 is 0 Å². The van der Waals surface area contributed by atoms with Crippen LogP contribution in [0.3, 0.4) is 0 Å². The lowest BCUT2D eigenvalue weighted by Crippen LogP contribution is -2.48. The molecule has 3 aromatic heterocycles. The van der Waals surface area contributed by atoms with Gasteiger partial charge in [-0.25, -0.2) is 15.0 Å². The number of carbonyl (C=O) groups is 1. The maximum Gasteiger partial charge on any atom is 0.398 e. The number of nitrogens with zero attached hydrogens (tertiary/aromatic N) is 6. The Morgan fingerprint density at radius 2 is 2.00 bits per heavy atom. The van der Waals surface area contributed by atoms with Crippen LogP contribution in [0.25, 0.3) is 21.6 Å². The summed E-state index contributed by atoms with van der Waals surface area (Å²) in [6.45, 7) is 3.29. The Morgan fingerprint density at radius 1 is 1.12 bits per heavy atom. The van der Waals surface area contributed by atoms with Crippen LogP contribution in [0.1, 0.15) is 10.5 Å². The third-order valence-corrected chi connectivity index (χ3v) is 6.24. The molecule has 1 amide bonds. The molecule has 1 aliphatic rings. The van der Waals surface area contributed by atoms with Crippen molar-refractivity contribution in [3.63, 3.8) is 0 Å². The van der Waals surface area contributed by atoms with E-state index < -0.39 is 0 Å². The first-order valence-electron chi connectivity index (χ1n) is 10.5. The Kier molecular flexibility index (Phi) is 6.25. The number of hydrogen-bond acceptors (Lipinski definition) is 9. The molecule has 5 rings (SSSR count). The van der Waals surface area contributed by atoms with Gasteiger partial charge in [0.05, 0.1) is 33.3 Å². The number of thiazole rings is 1. The molecule has 9 nitrogen and oxygen atoms in total. The van der Waals surface area contributed by atoms with Gasteiger partial charge in [0.25, 0.3) is 5.91 Å². The summed E-state index contributed by atoms with van der Waals surface area (Å²) >= 11 is 1.58. The highest BCUT2D eigenvalue weighted by Gasteiger charge is 2.21. The zero-order valence-electron chi connectivity index (χ0n) is 18.0. The van der Waals surface area contributed by atoms with Crippen molar-refractivity contribution in [2.24, 2.45) is 0 Å². The molecule has 0 saturated carbocycles. The maximum absolute atomic E-state index is 13.1. The second kappa shape index (κ2) is 9.61. The van der Waals surface area contributed by atoms with E-state index in [1.54, 1.807) is 56.2 Å². The molecule has 4 heterocycles. The Morgan fingerprint density at radius 3 is 2.85 bits per heavy atom. The van der Waals surface area contributed by atoms with Crippen LogP contribution >= 0.6 is 11.3 Å². The zero-order valence-corrected chi connectivity index (χ0v) is 18.8. The summed E-state index contributed by atoms with van der Waals surface area (Å²) in [6, 6.07) is 9.39. The van der Waals surface area contributed by atoms with E-state index in [4.69, 9.17) is 4.65 Å². The average molecular weight is 458 g/mol. The van der Waals surface area contributed by atoms with Gasteiger partial charge in [-0.15, -0.1) is 11.3 Å². The van der Waals surface area contributed by atoms with Gasteiger partial charge in [-0.2, -0.15) is 0 Å². The van der Waals surface area contributed by atoms with Gasteiger partial charge in [0.1, 0.15) is 5.69 Å². The molecular weight excluding hydrogens is 437 g/mol. The summed E-state index contributed by atoms with van der Waals surface area (Å²) in [7, 11) is 3.39. The van der Waals surface area contributed by atoms with Gasteiger partial charge in [-0.1, -0.05) is 0 Å². The minimum Gasteiger partial charge on any atom is -0.427 e. The van der Waals surface area contributed by atoms with Crippen LogP contribution in [-0.2, 0) is 4.65 Å². The number of piperazine rings is 1. The van der Waals surface area contributed by atoms with Crippen molar-refractivity contribution >= 4 is 46.5 Å². The number of aromatic nitrogens is 4. The number of amides is 1. The van der Waals surface area contributed by atoms with Gasteiger partial charge >= 0.3 is 7.62 Å². The lowest BCUT2D eigenvalue weighted by Gasteiger charge is -2.36. The number of nitrogens with one attached hydrogen (secondary N) is 1. The second-order valence-electron chi connectivity index (χ2n) is 7.51. The van der Waals surface area contributed by atoms with E-state index in [1.165, 1.54) is 0 Å². The Bertz CT molecular complexity index is 1280. The van der Waals surface area contributed by atoms with Gasteiger partial charge in [0.2, 0.25) is 0 Å². The van der Waals surface area contributed by atoms with Crippen LogP contribution < -0.4 is 10.2 Å². The fraction of sp³-hybridized carbons (Fsp3) is 0.227. The van der Waals surface area contributed by atoms with Gasteiger partial charge in [-0.3, -0.25) is 9.78 Å². The lowest BCUT2D eigenvalue weighted by molar-refractivity contribution is 0.102. The van der Waals surface area contributed by atoms with Crippen molar-refractivity contribution in [3.05, 3.63) is 60.1 Å². The van der Waals surface area contributed by atoms with E-state index in [2.05, 4.69) is 35.0 Å². The molecule has 165 valence electrons. The molecule has 11 heteroatoms. The third kappa shape index (κ3) is 4.70. The van der Waals surface area contributed by atoms with Crippen LogP contribution in [0.5, 0.6) is 0 Å². The minimum absolute atomic E-state index is 0.285. The van der Waals surface area contributed by atoms with Gasteiger partial charge < -0.3 is 19.7 Å². The Hall–Kier alpha value is -3.41. The molecule has 0 spiro atoms. The number of hydrogen-bond donors (Lipinski definition) is 1. The smallest absolute Gasteiger partial charge is 0.398 e. The standard InChI is InChI=1S/C22H21BN7O2S/c1-32-23-30-10-8-29(9-11-30)19-5-6-24-13-18(19)28-22(31)16-4-7-25-21(27-16)15-2-3-20-17(12-15)26-14-33-20/h2-7,12-14H,8-11H2,1H3,(H,28,31).